The molecule has 0 bridgehead atoms. The van der Waals surface area contributed by atoms with Gasteiger partial charge >= 0.3 is 6.18 Å². The summed E-state index contributed by atoms with van der Waals surface area (Å²) < 4.78 is 38.7. The maximum absolute atomic E-state index is 12.9. The number of hydrogen-bond acceptors (Lipinski definition) is 3. The van der Waals surface area contributed by atoms with Crippen molar-refractivity contribution in [3.8, 4) is 0 Å². The molecule has 28 heavy (non-hydrogen) atoms. The van der Waals surface area contributed by atoms with Crippen LogP contribution in [0.3, 0.4) is 0 Å². The van der Waals surface area contributed by atoms with Gasteiger partial charge in [-0.05, 0) is 29.8 Å². The normalized spacial score (nSPS) is 19.1. The summed E-state index contributed by atoms with van der Waals surface area (Å²) in [6.07, 6.45) is -3.06. The molecule has 0 saturated carbocycles. The first-order valence-electron chi connectivity index (χ1n) is 9.03. The Labute approximate surface area is 165 Å². The first-order valence-corrected chi connectivity index (χ1v) is 9.41. The number of alkyl halides is 3. The highest BCUT2D eigenvalue weighted by molar-refractivity contribution is 6.31. The van der Waals surface area contributed by atoms with Gasteiger partial charge in [-0.15, -0.1) is 0 Å². The first-order chi connectivity index (χ1) is 13.2. The number of piperidine rings is 1. The van der Waals surface area contributed by atoms with Gasteiger partial charge in [-0.25, -0.2) is 0 Å². The molecular formula is C20H19ClF3N3O. The summed E-state index contributed by atoms with van der Waals surface area (Å²) in [4.78, 5) is 14.6. The topological polar surface area (TPSA) is 44.4 Å². The molecule has 2 aliphatic heterocycles. The zero-order valence-corrected chi connectivity index (χ0v) is 15.7. The summed E-state index contributed by atoms with van der Waals surface area (Å²) in [5.74, 6) is -0.142. The molecule has 1 spiro atoms. The van der Waals surface area contributed by atoms with Crippen molar-refractivity contribution < 1.29 is 18.0 Å². The number of anilines is 1. The van der Waals surface area contributed by atoms with Crippen molar-refractivity contribution in [2.24, 2.45) is 0 Å². The van der Waals surface area contributed by atoms with Gasteiger partial charge in [0.25, 0.3) is 5.91 Å². The van der Waals surface area contributed by atoms with Gasteiger partial charge in [0.05, 0.1) is 16.8 Å². The van der Waals surface area contributed by atoms with Crippen LogP contribution in [0.2, 0.25) is 5.02 Å². The minimum atomic E-state index is -4.34. The van der Waals surface area contributed by atoms with E-state index < -0.39 is 17.4 Å². The van der Waals surface area contributed by atoms with Gasteiger partial charge in [0, 0.05) is 37.5 Å². The Morgan fingerprint density at radius 1 is 1.07 bits per heavy atom. The minimum absolute atomic E-state index is 0.142. The van der Waals surface area contributed by atoms with E-state index in [9.17, 15) is 18.0 Å². The maximum atomic E-state index is 12.9. The fraction of sp³-hybridized carbons (Fsp3) is 0.350. The molecule has 1 fully saturated rings. The lowest BCUT2D eigenvalue weighted by Crippen LogP contribution is -2.62. The monoisotopic (exact) mass is 409 g/mol. The Morgan fingerprint density at radius 3 is 2.54 bits per heavy atom. The van der Waals surface area contributed by atoms with Crippen LogP contribution in [0.25, 0.3) is 0 Å². The van der Waals surface area contributed by atoms with Crippen molar-refractivity contribution in [1.82, 2.24) is 10.2 Å². The van der Waals surface area contributed by atoms with E-state index in [1.54, 1.807) is 24.3 Å². The number of carbonyl (C=O) groups is 1. The molecule has 2 N–H and O–H groups in total. The molecule has 8 heteroatoms. The van der Waals surface area contributed by atoms with E-state index >= 15 is 0 Å². The molecule has 2 aliphatic rings. The average Bonchev–Trinajstić information content (AvgIpc) is 2.63. The number of rotatable bonds is 2. The van der Waals surface area contributed by atoms with Crippen molar-refractivity contribution in [2.75, 3.05) is 18.4 Å². The van der Waals surface area contributed by atoms with E-state index in [0.717, 1.165) is 6.07 Å². The SMILES string of the molecule is O=C1NC2(CCN(Cc3cccc(C(F)(F)F)c3)CC2)Nc2cc(Cl)ccc21. The van der Waals surface area contributed by atoms with E-state index in [0.29, 0.717) is 54.3 Å². The third-order valence-electron chi connectivity index (χ3n) is 5.32. The molecule has 0 atom stereocenters. The molecule has 0 unspecified atom stereocenters. The number of halogens is 4. The maximum Gasteiger partial charge on any atom is 0.416 e. The van der Waals surface area contributed by atoms with Gasteiger partial charge in [0.2, 0.25) is 0 Å². The number of hydrogen-bond donors (Lipinski definition) is 2. The zero-order chi connectivity index (χ0) is 19.9. The largest absolute Gasteiger partial charge is 0.416 e. The molecule has 2 heterocycles. The molecule has 0 aliphatic carbocycles. The number of nitrogens with one attached hydrogen (secondary N) is 2. The van der Waals surface area contributed by atoms with Crippen molar-refractivity contribution in [3.05, 3.63) is 64.2 Å². The van der Waals surface area contributed by atoms with Crippen LogP contribution in [0, 0.1) is 0 Å². The highest BCUT2D eigenvalue weighted by Crippen LogP contribution is 2.34. The predicted molar refractivity (Wildman–Crippen MR) is 101 cm³/mol. The van der Waals surface area contributed by atoms with Crippen LogP contribution in [-0.4, -0.2) is 29.6 Å². The minimum Gasteiger partial charge on any atom is -0.362 e. The molecule has 148 valence electrons. The molecule has 2 aromatic rings. The number of carbonyl (C=O) groups excluding carboxylic acids is 1. The highest BCUT2D eigenvalue weighted by Gasteiger charge is 2.40. The Hall–Kier alpha value is -2.25. The van der Waals surface area contributed by atoms with E-state index in [-0.39, 0.29) is 5.91 Å². The molecule has 1 amide bonds. The molecule has 1 saturated heterocycles. The van der Waals surface area contributed by atoms with Gasteiger partial charge < -0.3 is 10.6 Å². The Morgan fingerprint density at radius 2 is 1.82 bits per heavy atom. The first kappa shape index (κ1) is 19.1. The van der Waals surface area contributed by atoms with Crippen molar-refractivity contribution in [2.45, 2.75) is 31.2 Å². The number of amides is 1. The standard InChI is InChI=1S/C20H19ClF3N3O/c21-15-4-5-16-17(11-15)25-19(26-18(16)28)6-8-27(9-7-19)12-13-2-1-3-14(10-13)20(22,23)24/h1-5,10-11,25H,6-9,12H2,(H,26,28). The van der Waals surface area contributed by atoms with Gasteiger partial charge in [-0.1, -0.05) is 29.8 Å². The van der Waals surface area contributed by atoms with Crippen LogP contribution < -0.4 is 10.6 Å². The van der Waals surface area contributed by atoms with Gasteiger partial charge in [0.15, 0.2) is 0 Å². The Bertz CT molecular complexity index is 908. The molecule has 2 aromatic carbocycles. The van der Waals surface area contributed by atoms with Crippen LogP contribution in [0.15, 0.2) is 42.5 Å². The number of fused-ring (bicyclic) bond motifs is 1. The van der Waals surface area contributed by atoms with Crippen LogP contribution in [-0.2, 0) is 12.7 Å². The van der Waals surface area contributed by atoms with E-state index in [2.05, 4.69) is 15.5 Å². The summed E-state index contributed by atoms with van der Waals surface area (Å²) in [5, 5.41) is 7.01. The summed E-state index contributed by atoms with van der Waals surface area (Å²) in [6.45, 7) is 1.75. The van der Waals surface area contributed by atoms with Crippen LogP contribution in [0.5, 0.6) is 0 Å². The second-order valence-electron chi connectivity index (χ2n) is 7.33. The van der Waals surface area contributed by atoms with Crippen molar-refractivity contribution in [1.29, 1.82) is 0 Å². The van der Waals surface area contributed by atoms with E-state index in [4.69, 9.17) is 11.6 Å². The average molecular weight is 410 g/mol. The van der Waals surface area contributed by atoms with Crippen molar-refractivity contribution >= 4 is 23.2 Å². The Kier molecular flexibility index (Phi) is 4.75. The quantitative estimate of drug-likeness (QED) is 0.767. The van der Waals surface area contributed by atoms with Crippen LogP contribution in [0.1, 0.15) is 34.3 Å². The van der Waals surface area contributed by atoms with Crippen LogP contribution in [0.4, 0.5) is 18.9 Å². The van der Waals surface area contributed by atoms with Crippen LogP contribution >= 0.6 is 11.6 Å². The van der Waals surface area contributed by atoms with Crippen molar-refractivity contribution in [3.63, 3.8) is 0 Å². The van der Waals surface area contributed by atoms with Gasteiger partial charge in [-0.3, -0.25) is 9.69 Å². The molecule has 0 radical (unpaired) electrons. The third kappa shape index (κ3) is 3.82. The predicted octanol–water partition coefficient (Wildman–Crippen LogP) is 4.51. The second-order valence-corrected chi connectivity index (χ2v) is 7.76. The highest BCUT2D eigenvalue weighted by atomic mass is 35.5. The second kappa shape index (κ2) is 6.97. The number of nitrogens with zero attached hydrogens (tertiary/aromatic N) is 1. The zero-order valence-electron chi connectivity index (χ0n) is 14.9. The summed E-state index contributed by atoms with van der Waals surface area (Å²) in [5.41, 5.74) is 0.708. The smallest absolute Gasteiger partial charge is 0.362 e. The lowest BCUT2D eigenvalue weighted by Gasteiger charge is -2.46. The fourth-order valence-corrected chi connectivity index (χ4v) is 4.01. The lowest BCUT2D eigenvalue weighted by atomic mass is 9.92. The van der Waals surface area contributed by atoms with Gasteiger partial charge in [-0.2, -0.15) is 13.2 Å². The fourth-order valence-electron chi connectivity index (χ4n) is 3.84. The Balaban J connectivity index is 1.43. The molecule has 4 nitrogen and oxygen atoms in total. The summed E-state index contributed by atoms with van der Waals surface area (Å²) in [6, 6.07) is 10.5. The lowest BCUT2D eigenvalue weighted by molar-refractivity contribution is -0.137. The van der Waals surface area contributed by atoms with Gasteiger partial charge in [0.1, 0.15) is 5.66 Å². The number of benzene rings is 2. The number of likely N-dealkylation sites (tertiary alicyclic amines) is 1. The molecule has 0 aromatic heterocycles. The van der Waals surface area contributed by atoms with E-state index in [1.165, 1.54) is 12.1 Å². The summed E-state index contributed by atoms with van der Waals surface area (Å²) >= 11 is 6.05. The molecule has 4 rings (SSSR count). The summed E-state index contributed by atoms with van der Waals surface area (Å²) in [7, 11) is 0. The molecular weight excluding hydrogens is 391 g/mol. The third-order valence-corrected chi connectivity index (χ3v) is 5.56. The van der Waals surface area contributed by atoms with E-state index in [1.807, 2.05) is 0 Å².